The van der Waals surface area contributed by atoms with Crippen LogP contribution in [0.4, 0.5) is 5.82 Å². The maximum Gasteiger partial charge on any atom is 0.328 e. The molecule has 4 aromatic rings. The fourth-order valence-corrected chi connectivity index (χ4v) is 3.48. The van der Waals surface area contributed by atoms with Gasteiger partial charge in [-0.25, -0.2) is 9.78 Å². The van der Waals surface area contributed by atoms with Crippen LogP contribution in [0.25, 0.3) is 11.2 Å². The van der Waals surface area contributed by atoms with Crippen LogP contribution in [0.1, 0.15) is 44.9 Å². The summed E-state index contributed by atoms with van der Waals surface area (Å²) in [6.45, 7) is 8.77. The molecule has 0 spiro atoms. The standard InChI is InChI=1S/C25H32N8O3/c1-4-5-10-35-24-31-22(26)21-23(32-24)33(25(34)30-21)15-17-6-9-20(29-12-17)36-19-8-7-18(28-14-19)13-27-11-16(2)3/h6-9,12,14,16,27H,4-5,10-11,13,15H2,1-3H3,(H,30,34)(H2,26,31,32). The smallest absolute Gasteiger partial charge is 0.328 e. The quantitative estimate of drug-likeness (QED) is 0.254. The van der Waals surface area contributed by atoms with Crippen LogP contribution in [0.5, 0.6) is 17.6 Å². The molecule has 11 heteroatoms. The lowest BCUT2D eigenvalue weighted by Crippen LogP contribution is -2.19. The zero-order valence-corrected chi connectivity index (χ0v) is 20.8. The van der Waals surface area contributed by atoms with Crippen LogP contribution in [0.15, 0.2) is 41.5 Å². The summed E-state index contributed by atoms with van der Waals surface area (Å²) >= 11 is 0. The molecule has 0 atom stereocenters. The van der Waals surface area contributed by atoms with Gasteiger partial charge in [0, 0.05) is 18.8 Å². The summed E-state index contributed by atoms with van der Waals surface area (Å²) in [5.74, 6) is 1.78. The lowest BCUT2D eigenvalue weighted by atomic mass is 10.2. The monoisotopic (exact) mass is 492 g/mol. The summed E-state index contributed by atoms with van der Waals surface area (Å²) in [6, 6.07) is 7.53. The number of anilines is 1. The third kappa shape index (κ3) is 6.36. The van der Waals surface area contributed by atoms with E-state index in [0.29, 0.717) is 41.9 Å². The number of imidazole rings is 1. The first-order valence-corrected chi connectivity index (χ1v) is 12.1. The topological polar surface area (TPSA) is 146 Å². The third-order valence-electron chi connectivity index (χ3n) is 5.38. The van der Waals surface area contributed by atoms with Gasteiger partial charge in [0.15, 0.2) is 11.5 Å². The van der Waals surface area contributed by atoms with Gasteiger partial charge in [-0.15, -0.1) is 0 Å². The molecule has 11 nitrogen and oxygen atoms in total. The largest absolute Gasteiger partial charge is 0.463 e. The number of ether oxygens (including phenoxy) is 2. The van der Waals surface area contributed by atoms with Crippen molar-refractivity contribution in [1.82, 2.24) is 34.8 Å². The van der Waals surface area contributed by atoms with Gasteiger partial charge in [-0.05, 0) is 36.6 Å². The fourth-order valence-electron chi connectivity index (χ4n) is 3.48. The Morgan fingerprint density at radius 2 is 2.00 bits per heavy atom. The minimum Gasteiger partial charge on any atom is -0.463 e. The first-order chi connectivity index (χ1) is 17.4. The molecule has 0 unspecified atom stereocenters. The van der Waals surface area contributed by atoms with Crippen LogP contribution in [0.2, 0.25) is 0 Å². The van der Waals surface area contributed by atoms with Gasteiger partial charge in [0.1, 0.15) is 11.3 Å². The molecule has 4 heterocycles. The van der Waals surface area contributed by atoms with E-state index >= 15 is 0 Å². The number of nitrogens with zero attached hydrogens (tertiary/aromatic N) is 5. The third-order valence-corrected chi connectivity index (χ3v) is 5.38. The molecular formula is C25H32N8O3. The van der Waals surface area contributed by atoms with Crippen LogP contribution in [0.3, 0.4) is 0 Å². The van der Waals surface area contributed by atoms with E-state index in [1.165, 1.54) is 4.57 Å². The Bertz CT molecular complexity index is 1330. The van der Waals surface area contributed by atoms with Crippen molar-refractivity contribution in [3.8, 4) is 17.6 Å². The van der Waals surface area contributed by atoms with E-state index in [-0.39, 0.29) is 24.1 Å². The van der Waals surface area contributed by atoms with Crippen LogP contribution in [-0.2, 0) is 13.1 Å². The second kappa shape index (κ2) is 11.6. The maximum atomic E-state index is 12.6. The summed E-state index contributed by atoms with van der Waals surface area (Å²) in [5.41, 5.74) is 8.18. The van der Waals surface area contributed by atoms with E-state index in [2.05, 4.69) is 51.0 Å². The summed E-state index contributed by atoms with van der Waals surface area (Å²) in [4.78, 5) is 32.6. The predicted molar refractivity (Wildman–Crippen MR) is 137 cm³/mol. The van der Waals surface area contributed by atoms with Gasteiger partial charge >= 0.3 is 11.7 Å². The zero-order valence-electron chi connectivity index (χ0n) is 20.8. The summed E-state index contributed by atoms with van der Waals surface area (Å²) in [5, 5.41) is 3.36. The molecule has 0 fully saturated rings. The minimum absolute atomic E-state index is 0.151. The fraction of sp³-hybridized carbons (Fsp3) is 0.400. The Kier molecular flexibility index (Phi) is 8.11. The Balaban J connectivity index is 1.43. The van der Waals surface area contributed by atoms with Crippen molar-refractivity contribution in [2.24, 2.45) is 5.92 Å². The number of hydrogen-bond acceptors (Lipinski definition) is 9. The molecule has 0 saturated heterocycles. The highest BCUT2D eigenvalue weighted by atomic mass is 16.5. The van der Waals surface area contributed by atoms with Gasteiger partial charge < -0.3 is 25.5 Å². The van der Waals surface area contributed by atoms with Gasteiger partial charge in [0.2, 0.25) is 5.88 Å². The van der Waals surface area contributed by atoms with Crippen molar-refractivity contribution in [3.05, 3.63) is 58.4 Å². The predicted octanol–water partition coefficient (Wildman–Crippen LogP) is 3.26. The van der Waals surface area contributed by atoms with Crippen molar-refractivity contribution >= 4 is 17.0 Å². The minimum atomic E-state index is -0.342. The number of fused-ring (bicyclic) bond motifs is 1. The van der Waals surface area contributed by atoms with Crippen LogP contribution >= 0.6 is 0 Å². The molecule has 0 aromatic carbocycles. The zero-order chi connectivity index (χ0) is 25.5. The number of aromatic amines is 1. The summed E-state index contributed by atoms with van der Waals surface area (Å²) in [6.07, 6.45) is 5.19. The molecule has 0 bridgehead atoms. The van der Waals surface area contributed by atoms with E-state index in [1.807, 2.05) is 18.2 Å². The van der Waals surface area contributed by atoms with Gasteiger partial charge in [-0.1, -0.05) is 33.3 Å². The average Bonchev–Trinajstić information content (AvgIpc) is 3.17. The maximum absolute atomic E-state index is 12.6. The number of pyridine rings is 2. The van der Waals surface area contributed by atoms with E-state index < -0.39 is 0 Å². The SMILES string of the molecule is CCCCOc1nc(N)c2[nH]c(=O)n(Cc3ccc(Oc4ccc(CNCC(C)C)nc4)nc3)c2n1. The average molecular weight is 493 g/mol. The highest BCUT2D eigenvalue weighted by Gasteiger charge is 2.15. The van der Waals surface area contributed by atoms with E-state index in [0.717, 1.165) is 30.6 Å². The first kappa shape index (κ1) is 25.1. The Hall–Kier alpha value is -3.99. The molecule has 0 saturated carbocycles. The lowest BCUT2D eigenvalue weighted by Gasteiger charge is -2.09. The van der Waals surface area contributed by atoms with Crippen molar-refractivity contribution in [3.63, 3.8) is 0 Å². The molecule has 36 heavy (non-hydrogen) atoms. The Morgan fingerprint density at radius 3 is 2.69 bits per heavy atom. The van der Waals surface area contributed by atoms with Gasteiger partial charge in [0.05, 0.1) is 25.0 Å². The highest BCUT2D eigenvalue weighted by molar-refractivity contribution is 5.81. The number of H-pyrrole nitrogens is 1. The second-order valence-corrected chi connectivity index (χ2v) is 8.93. The highest BCUT2D eigenvalue weighted by Crippen LogP contribution is 2.21. The molecule has 190 valence electrons. The van der Waals surface area contributed by atoms with Crippen LogP contribution in [0, 0.1) is 5.92 Å². The number of aromatic nitrogens is 6. The number of nitrogens with two attached hydrogens (primary N) is 1. The number of nitrogen functional groups attached to an aromatic ring is 1. The Labute approximate surface area is 209 Å². The number of rotatable bonds is 12. The van der Waals surface area contributed by atoms with Gasteiger partial charge in [-0.3, -0.25) is 9.55 Å². The molecule has 0 aliphatic heterocycles. The first-order valence-electron chi connectivity index (χ1n) is 12.1. The molecule has 4 N–H and O–H groups in total. The van der Waals surface area contributed by atoms with E-state index in [1.54, 1.807) is 18.5 Å². The molecule has 0 aliphatic carbocycles. The Morgan fingerprint density at radius 1 is 1.14 bits per heavy atom. The van der Waals surface area contributed by atoms with Crippen molar-refractivity contribution in [2.75, 3.05) is 18.9 Å². The van der Waals surface area contributed by atoms with Crippen LogP contribution in [-0.4, -0.2) is 42.6 Å². The van der Waals surface area contributed by atoms with Gasteiger partial charge in [-0.2, -0.15) is 9.97 Å². The normalized spacial score (nSPS) is 11.3. The van der Waals surface area contributed by atoms with Crippen molar-refractivity contribution in [2.45, 2.75) is 46.7 Å². The van der Waals surface area contributed by atoms with Gasteiger partial charge in [0.25, 0.3) is 0 Å². The van der Waals surface area contributed by atoms with E-state index in [9.17, 15) is 4.79 Å². The summed E-state index contributed by atoms with van der Waals surface area (Å²) in [7, 11) is 0. The van der Waals surface area contributed by atoms with Crippen molar-refractivity contribution in [1.29, 1.82) is 0 Å². The molecule has 0 aliphatic rings. The molecule has 4 aromatic heterocycles. The number of hydrogen-bond donors (Lipinski definition) is 3. The number of nitrogens with one attached hydrogen (secondary N) is 2. The second-order valence-electron chi connectivity index (χ2n) is 8.93. The number of unbranched alkanes of at least 4 members (excludes halogenated alkanes) is 1. The van der Waals surface area contributed by atoms with Crippen LogP contribution < -0.4 is 26.2 Å². The molecule has 4 rings (SSSR count). The summed E-state index contributed by atoms with van der Waals surface area (Å²) < 4.78 is 12.9. The van der Waals surface area contributed by atoms with E-state index in [4.69, 9.17) is 15.2 Å². The molecule has 0 amide bonds. The van der Waals surface area contributed by atoms with Crippen molar-refractivity contribution < 1.29 is 9.47 Å². The molecule has 0 radical (unpaired) electrons. The molecular weight excluding hydrogens is 460 g/mol. The lowest BCUT2D eigenvalue weighted by molar-refractivity contribution is 0.286.